The van der Waals surface area contributed by atoms with Crippen LogP contribution in [-0.2, 0) is 4.74 Å². The number of carbonyl (C=O) groups is 1. The second-order valence-electron chi connectivity index (χ2n) is 7.53. The molecular weight excluding hydrogens is 330 g/mol. The summed E-state index contributed by atoms with van der Waals surface area (Å²) in [5, 5.41) is 6.46. The van der Waals surface area contributed by atoms with E-state index in [4.69, 9.17) is 4.74 Å². The molecule has 0 aromatic carbocycles. The molecular formula is C19H29N5O2. The van der Waals surface area contributed by atoms with Crippen LogP contribution in [0.4, 0.5) is 5.69 Å². The number of morpholine rings is 1. The van der Waals surface area contributed by atoms with E-state index in [1.807, 2.05) is 12.3 Å². The van der Waals surface area contributed by atoms with Crippen LogP contribution in [0.25, 0.3) is 0 Å². The molecule has 0 saturated carbocycles. The van der Waals surface area contributed by atoms with Crippen molar-refractivity contribution >= 4 is 11.6 Å². The van der Waals surface area contributed by atoms with Gasteiger partial charge in [-0.1, -0.05) is 0 Å². The van der Waals surface area contributed by atoms with Gasteiger partial charge in [-0.15, -0.1) is 0 Å². The highest BCUT2D eigenvalue weighted by molar-refractivity contribution is 5.94. The van der Waals surface area contributed by atoms with Gasteiger partial charge >= 0.3 is 0 Å². The molecule has 3 saturated heterocycles. The predicted molar refractivity (Wildman–Crippen MR) is 101 cm³/mol. The number of nitrogens with zero attached hydrogens (tertiary/aromatic N) is 3. The molecule has 0 atom stereocenters. The first-order valence-electron chi connectivity index (χ1n) is 9.80. The summed E-state index contributed by atoms with van der Waals surface area (Å²) in [6.45, 7) is 8.49. The van der Waals surface area contributed by atoms with Crippen molar-refractivity contribution in [1.29, 1.82) is 0 Å². The number of nitrogens with one attached hydrogen (secondary N) is 2. The van der Waals surface area contributed by atoms with Crippen molar-refractivity contribution in [3.8, 4) is 0 Å². The summed E-state index contributed by atoms with van der Waals surface area (Å²) in [4.78, 5) is 21.6. The van der Waals surface area contributed by atoms with Gasteiger partial charge in [-0.3, -0.25) is 14.7 Å². The van der Waals surface area contributed by atoms with Gasteiger partial charge in [0.05, 0.1) is 30.7 Å². The van der Waals surface area contributed by atoms with Crippen LogP contribution >= 0.6 is 0 Å². The molecule has 4 rings (SSSR count). The third kappa shape index (κ3) is 4.16. The van der Waals surface area contributed by atoms with Crippen LogP contribution in [0.1, 0.15) is 23.2 Å². The maximum atomic E-state index is 12.5. The third-order valence-electron chi connectivity index (χ3n) is 5.84. The van der Waals surface area contributed by atoms with E-state index in [-0.39, 0.29) is 5.91 Å². The van der Waals surface area contributed by atoms with Crippen LogP contribution in [-0.4, -0.2) is 80.9 Å². The predicted octanol–water partition coefficient (Wildman–Crippen LogP) is 0.332. The summed E-state index contributed by atoms with van der Waals surface area (Å²) >= 11 is 0. The minimum absolute atomic E-state index is 0.0155. The fraction of sp³-hybridized carbons (Fsp3) is 0.684. The molecule has 26 heavy (non-hydrogen) atoms. The number of pyridine rings is 1. The number of carbonyl (C=O) groups excluding carboxylic acids is 1. The standard InChI is InChI=1S/C19H29N5O2/c25-19(16-9-17(12-20-11-16)24-5-7-26-8-6-24)22-10-15-1-3-23(4-2-15)18-13-21-14-18/h9,11-12,15,18,21H,1-8,10,13-14H2,(H,22,25). The summed E-state index contributed by atoms with van der Waals surface area (Å²) in [5.41, 5.74) is 1.65. The summed E-state index contributed by atoms with van der Waals surface area (Å²) in [7, 11) is 0. The van der Waals surface area contributed by atoms with Gasteiger partial charge in [0.25, 0.3) is 5.91 Å². The first kappa shape index (κ1) is 17.7. The number of aromatic nitrogens is 1. The van der Waals surface area contributed by atoms with Crippen molar-refractivity contribution < 1.29 is 9.53 Å². The molecule has 1 aromatic rings. The molecule has 0 aliphatic carbocycles. The molecule has 3 fully saturated rings. The minimum Gasteiger partial charge on any atom is -0.378 e. The van der Waals surface area contributed by atoms with Crippen molar-refractivity contribution in [2.75, 3.05) is 63.9 Å². The normalized spacial score (nSPS) is 22.8. The summed E-state index contributed by atoms with van der Waals surface area (Å²) < 4.78 is 5.39. The molecule has 7 nitrogen and oxygen atoms in total. The van der Waals surface area contributed by atoms with Crippen LogP contribution in [0.2, 0.25) is 0 Å². The molecule has 0 spiro atoms. The van der Waals surface area contributed by atoms with E-state index in [1.54, 1.807) is 6.20 Å². The lowest BCUT2D eigenvalue weighted by molar-refractivity contribution is 0.0878. The molecule has 2 N–H and O–H groups in total. The average Bonchev–Trinajstić information content (AvgIpc) is 2.67. The number of piperidine rings is 1. The lowest BCUT2D eigenvalue weighted by Crippen LogP contribution is -2.59. The maximum absolute atomic E-state index is 12.5. The Balaban J connectivity index is 1.25. The van der Waals surface area contributed by atoms with E-state index in [1.165, 1.54) is 12.8 Å². The Bertz CT molecular complexity index is 608. The molecule has 0 radical (unpaired) electrons. The van der Waals surface area contributed by atoms with Crippen molar-refractivity contribution in [2.45, 2.75) is 18.9 Å². The minimum atomic E-state index is -0.0155. The fourth-order valence-electron chi connectivity index (χ4n) is 3.94. The fourth-order valence-corrected chi connectivity index (χ4v) is 3.94. The van der Waals surface area contributed by atoms with Gasteiger partial charge < -0.3 is 20.3 Å². The lowest BCUT2D eigenvalue weighted by Gasteiger charge is -2.42. The van der Waals surface area contributed by atoms with Gasteiger partial charge in [0.1, 0.15) is 0 Å². The van der Waals surface area contributed by atoms with Crippen molar-refractivity contribution in [2.24, 2.45) is 5.92 Å². The summed E-state index contributed by atoms with van der Waals surface area (Å²) in [6.07, 6.45) is 5.82. The third-order valence-corrected chi connectivity index (χ3v) is 5.84. The zero-order valence-corrected chi connectivity index (χ0v) is 15.3. The van der Waals surface area contributed by atoms with E-state index in [0.717, 1.165) is 70.8 Å². The van der Waals surface area contributed by atoms with Crippen LogP contribution < -0.4 is 15.5 Å². The summed E-state index contributed by atoms with van der Waals surface area (Å²) in [6, 6.07) is 2.68. The zero-order chi connectivity index (χ0) is 17.8. The van der Waals surface area contributed by atoms with Crippen molar-refractivity contribution in [3.05, 3.63) is 24.0 Å². The molecule has 1 aromatic heterocycles. The first-order valence-corrected chi connectivity index (χ1v) is 9.80. The Morgan fingerprint density at radius 3 is 2.65 bits per heavy atom. The Hall–Kier alpha value is -1.70. The second-order valence-corrected chi connectivity index (χ2v) is 7.53. The number of hydrogen-bond donors (Lipinski definition) is 2. The Labute approximate surface area is 155 Å². The molecule has 0 bridgehead atoms. The largest absolute Gasteiger partial charge is 0.378 e. The second kappa shape index (κ2) is 8.33. The lowest BCUT2D eigenvalue weighted by atomic mass is 9.94. The monoisotopic (exact) mass is 359 g/mol. The van der Waals surface area contributed by atoms with Crippen molar-refractivity contribution in [3.63, 3.8) is 0 Å². The van der Waals surface area contributed by atoms with E-state index in [9.17, 15) is 4.79 Å². The highest BCUT2D eigenvalue weighted by atomic mass is 16.5. The number of amides is 1. The van der Waals surface area contributed by atoms with E-state index >= 15 is 0 Å². The highest BCUT2D eigenvalue weighted by Gasteiger charge is 2.28. The molecule has 3 aliphatic heterocycles. The molecule has 142 valence electrons. The topological polar surface area (TPSA) is 69.7 Å². The molecule has 4 heterocycles. The van der Waals surface area contributed by atoms with Crippen molar-refractivity contribution in [1.82, 2.24) is 20.5 Å². The van der Waals surface area contributed by atoms with Gasteiger partial charge in [-0.25, -0.2) is 0 Å². The molecule has 0 unspecified atom stereocenters. The number of anilines is 1. The van der Waals surface area contributed by atoms with Gasteiger partial charge in [0.15, 0.2) is 0 Å². The van der Waals surface area contributed by atoms with E-state index in [2.05, 4.69) is 25.4 Å². The Kier molecular flexibility index (Phi) is 5.67. The van der Waals surface area contributed by atoms with Crippen LogP contribution in [0.5, 0.6) is 0 Å². The number of ether oxygens (including phenoxy) is 1. The number of likely N-dealkylation sites (tertiary alicyclic amines) is 1. The Morgan fingerprint density at radius 1 is 1.19 bits per heavy atom. The highest BCUT2D eigenvalue weighted by Crippen LogP contribution is 2.20. The first-order chi connectivity index (χ1) is 12.8. The molecule has 7 heteroatoms. The zero-order valence-electron chi connectivity index (χ0n) is 15.3. The molecule has 1 amide bonds. The number of rotatable bonds is 5. The quantitative estimate of drug-likeness (QED) is 0.790. The number of hydrogen-bond acceptors (Lipinski definition) is 6. The van der Waals surface area contributed by atoms with E-state index in [0.29, 0.717) is 11.5 Å². The molecule has 3 aliphatic rings. The average molecular weight is 359 g/mol. The maximum Gasteiger partial charge on any atom is 0.252 e. The van der Waals surface area contributed by atoms with Gasteiger partial charge in [0, 0.05) is 45.0 Å². The van der Waals surface area contributed by atoms with Gasteiger partial charge in [-0.05, 0) is 37.9 Å². The smallest absolute Gasteiger partial charge is 0.252 e. The van der Waals surface area contributed by atoms with Crippen LogP contribution in [0, 0.1) is 5.92 Å². The SMILES string of the molecule is O=C(NCC1CCN(C2CNC2)CC1)c1cncc(N2CCOCC2)c1. The van der Waals surface area contributed by atoms with Crippen LogP contribution in [0.15, 0.2) is 18.5 Å². The van der Waals surface area contributed by atoms with Crippen LogP contribution in [0.3, 0.4) is 0 Å². The van der Waals surface area contributed by atoms with Gasteiger partial charge in [-0.2, -0.15) is 0 Å². The van der Waals surface area contributed by atoms with Gasteiger partial charge in [0.2, 0.25) is 0 Å². The Morgan fingerprint density at radius 2 is 1.96 bits per heavy atom. The van der Waals surface area contributed by atoms with E-state index < -0.39 is 0 Å². The summed E-state index contributed by atoms with van der Waals surface area (Å²) in [5.74, 6) is 0.567.